The van der Waals surface area contributed by atoms with Crippen molar-refractivity contribution < 1.29 is 9.18 Å². The lowest BCUT2D eigenvalue weighted by Crippen LogP contribution is -2.18. The summed E-state index contributed by atoms with van der Waals surface area (Å²) in [6.45, 7) is 3.39. The summed E-state index contributed by atoms with van der Waals surface area (Å²) in [5.41, 5.74) is 4.63. The highest BCUT2D eigenvalue weighted by molar-refractivity contribution is 6.04. The van der Waals surface area contributed by atoms with Crippen LogP contribution in [0, 0.1) is 5.82 Å². The van der Waals surface area contributed by atoms with E-state index in [1.807, 2.05) is 24.3 Å². The van der Waals surface area contributed by atoms with Crippen LogP contribution in [0.3, 0.4) is 0 Å². The standard InChI is InChI=1S/C24H23FN2O/c25-22-12-10-20(11-13-22)24(28)26-23-5-3-4-21(16-23)19-8-6-18(7-9-19)17-27-14-1-2-15-27/h3-13,16H,1-2,14-15,17H2,(H,26,28). The molecule has 0 unspecified atom stereocenters. The number of anilines is 1. The van der Waals surface area contributed by atoms with Gasteiger partial charge in [-0.3, -0.25) is 9.69 Å². The fourth-order valence-electron chi connectivity index (χ4n) is 3.58. The average Bonchev–Trinajstić information content (AvgIpc) is 3.22. The van der Waals surface area contributed by atoms with Crippen molar-refractivity contribution in [3.05, 3.63) is 89.7 Å². The Bertz CT molecular complexity index is 945. The second kappa shape index (κ2) is 8.36. The SMILES string of the molecule is O=C(Nc1cccc(-c2ccc(CN3CCCC3)cc2)c1)c1ccc(F)cc1. The molecule has 0 aliphatic carbocycles. The van der Waals surface area contributed by atoms with E-state index < -0.39 is 0 Å². The highest BCUT2D eigenvalue weighted by atomic mass is 19.1. The lowest BCUT2D eigenvalue weighted by molar-refractivity contribution is 0.102. The Morgan fingerprint density at radius 2 is 1.61 bits per heavy atom. The number of nitrogens with one attached hydrogen (secondary N) is 1. The van der Waals surface area contributed by atoms with E-state index in [-0.39, 0.29) is 11.7 Å². The minimum Gasteiger partial charge on any atom is -0.322 e. The first kappa shape index (κ1) is 18.4. The van der Waals surface area contributed by atoms with Gasteiger partial charge in [-0.1, -0.05) is 36.4 Å². The van der Waals surface area contributed by atoms with Crippen LogP contribution in [-0.2, 0) is 6.54 Å². The van der Waals surface area contributed by atoms with Gasteiger partial charge in [0.25, 0.3) is 5.91 Å². The van der Waals surface area contributed by atoms with E-state index in [9.17, 15) is 9.18 Å². The molecule has 4 rings (SSSR count). The topological polar surface area (TPSA) is 32.3 Å². The van der Waals surface area contributed by atoms with E-state index in [0.717, 1.165) is 17.7 Å². The minimum atomic E-state index is -0.355. The fraction of sp³-hybridized carbons (Fsp3) is 0.208. The van der Waals surface area contributed by atoms with E-state index in [2.05, 4.69) is 34.5 Å². The number of carbonyl (C=O) groups is 1. The summed E-state index contributed by atoms with van der Waals surface area (Å²) in [7, 11) is 0. The summed E-state index contributed by atoms with van der Waals surface area (Å²) >= 11 is 0. The minimum absolute atomic E-state index is 0.252. The van der Waals surface area contributed by atoms with Crippen molar-refractivity contribution in [3.8, 4) is 11.1 Å². The molecule has 142 valence electrons. The summed E-state index contributed by atoms with van der Waals surface area (Å²) in [5, 5.41) is 2.88. The molecule has 0 atom stereocenters. The monoisotopic (exact) mass is 374 g/mol. The molecule has 1 N–H and O–H groups in total. The Balaban J connectivity index is 1.45. The van der Waals surface area contributed by atoms with Crippen LogP contribution < -0.4 is 5.32 Å². The highest BCUT2D eigenvalue weighted by Gasteiger charge is 2.12. The van der Waals surface area contributed by atoms with Crippen LogP contribution in [0.2, 0.25) is 0 Å². The third-order valence-electron chi connectivity index (χ3n) is 5.12. The maximum atomic E-state index is 13.0. The molecule has 4 heteroatoms. The van der Waals surface area contributed by atoms with Crippen LogP contribution in [0.15, 0.2) is 72.8 Å². The van der Waals surface area contributed by atoms with E-state index in [1.165, 1.54) is 55.8 Å². The summed E-state index contributed by atoms with van der Waals surface area (Å²) < 4.78 is 13.0. The van der Waals surface area contributed by atoms with Gasteiger partial charge in [-0.05, 0) is 79.0 Å². The van der Waals surface area contributed by atoms with E-state index >= 15 is 0 Å². The number of likely N-dealkylation sites (tertiary alicyclic amines) is 1. The number of nitrogens with zero attached hydrogens (tertiary/aromatic N) is 1. The van der Waals surface area contributed by atoms with Gasteiger partial charge in [0, 0.05) is 17.8 Å². The molecular formula is C24H23FN2O. The van der Waals surface area contributed by atoms with Crippen molar-refractivity contribution in [1.82, 2.24) is 4.90 Å². The third-order valence-corrected chi connectivity index (χ3v) is 5.12. The maximum absolute atomic E-state index is 13.0. The molecule has 0 bridgehead atoms. The lowest BCUT2D eigenvalue weighted by atomic mass is 10.0. The second-order valence-electron chi connectivity index (χ2n) is 7.22. The van der Waals surface area contributed by atoms with Crippen LogP contribution in [0.1, 0.15) is 28.8 Å². The largest absolute Gasteiger partial charge is 0.322 e. The van der Waals surface area contributed by atoms with Crippen LogP contribution in [0.4, 0.5) is 10.1 Å². The summed E-state index contributed by atoms with van der Waals surface area (Å²) in [5.74, 6) is -0.607. The van der Waals surface area contributed by atoms with Gasteiger partial charge in [-0.15, -0.1) is 0 Å². The third kappa shape index (κ3) is 4.46. The van der Waals surface area contributed by atoms with E-state index in [0.29, 0.717) is 11.3 Å². The Hall–Kier alpha value is -2.98. The van der Waals surface area contributed by atoms with E-state index in [1.54, 1.807) is 0 Å². The molecule has 1 fully saturated rings. The Morgan fingerprint density at radius 3 is 2.32 bits per heavy atom. The zero-order valence-electron chi connectivity index (χ0n) is 15.7. The normalized spacial score (nSPS) is 14.2. The molecule has 1 heterocycles. The van der Waals surface area contributed by atoms with Crippen LogP contribution >= 0.6 is 0 Å². The maximum Gasteiger partial charge on any atom is 0.255 e. The molecule has 3 nitrogen and oxygen atoms in total. The molecule has 3 aromatic rings. The molecule has 1 amide bonds. The van der Waals surface area contributed by atoms with Crippen molar-refractivity contribution in [2.75, 3.05) is 18.4 Å². The first-order valence-electron chi connectivity index (χ1n) is 9.66. The Morgan fingerprint density at radius 1 is 0.893 bits per heavy atom. The quantitative estimate of drug-likeness (QED) is 0.654. The van der Waals surface area contributed by atoms with Crippen molar-refractivity contribution in [2.45, 2.75) is 19.4 Å². The van der Waals surface area contributed by atoms with Crippen LogP contribution in [-0.4, -0.2) is 23.9 Å². The molecule has 1 aliphatic heterocycles. The smallest absolute Gasteiger partial charge is 0.255 e. The Labute approximate surface area is 164 Å². The van der Waals surface area contributed by atoms with Gasteiger partial charge in [0.2, 0.25) is 0 Å². The molecule has 28 heavy (non-hydrogen) atoms. The van der Waals surface area contributed by atoms with Gasteiger partial charge >= 0.3 is 0 Å². The number of rotatable bonds is 5. The number of halogens is 1. The van der Waals surface area contributed by atoms with Crippen molar-refractivity contribution in [2.24, 2.45) is 0 Å². The van der Waals surface area contributed by atoms with Gasteiger partial charge in [0.1, 0.15) is 5.82 Å². The predicted molar refractivity (Wildman–Crippen MR) is 111 cm³/mol. The first-order valence-corrected chi connectivity index (χ1v) is 9.66. The van der Waals surface area contributed by atoms with Gasteiger partial charge in [0.15, 0.2) is 0 Å². The molecule has 3 aromatic carbocycles. The molecular weight excluding hydrogens is 351 g/mol. The first-order chi connectivity index (χ1) is 13.7. The summed E-state index contributed by atoms with van der Waals surface area (Å²) in [6, 6.07) is 21.9. The number of hydrogen-bond donors (Lipinski definition) is 1. The lowest BCUT2D eigenvalue weighted by Gasteiger charge is -2.15. The number of carbonyl (C=O) groups excluding carboxylic acids is 1. The van der Waals surface area contributed by atoms with Crippen LogP contribution in [0.25, 0.3) is 11.1 Å². The molecule has 0 radical (unpaired) electrons. The zero-order valence-corrected chi connectivity index (χ0v) is 15.7. The fourth-order valence-corrected chi connectivity index (χ4v) is 3.58. The summed E-state index contributed by atoms with van der Waals surface area (Å²) in [6.07, 6.45) is 2.60. The van der Waals surface area contributed by atoms with Gasteiger partial charge < -0.3 is 5.32 Å². The number of benzene rings is 3. The predicted octanol–water partition coefficient (Wildman–Crippen LogP) is 5.34. The van der Waals surface area contributed by atoms with Gasteiger partial charge in [-0.25, -0.2) is 4.39 Å². The summed E-state index contributed by atoms with van der Waals surface area (Å²) in [4.78, 5) is 14.8. The second-order valence-corrected chi connectivity index (χ2v) is 7.22. The average molecular weight is 374 g/mol. The van der Waals surface area contributed by atoms with Gasteiger partial charge in [-0.2, -0.15) is 0 Å². The molecule has 1 aliphatic rings. The van der Waals surface area contributed by atoms with Crippen molar-refractivity contribution >= 4 is 11.6 Å². The molecule has 0 spiro atoms. The molecule has 1 saturated heterocycles. The Kier molecular flexibility index (Phi) is 5.49. The van der Waals surface area contributed by atoms with E-state index in [4.69, 9.17) is 0 Å². The van der Waals surface area contributed by atoms with Crippen molar-refractivity contribution in [3.63, 3.8) is 0 Å². The van der Waals surface area contributed by atoms with Crippen LogP contribution in [0.5, 0.6) is 0 Å². The van der Waals surface area contributed by atoms with Crippen molar-refractivity contribution in [1.29, 1.82) is 0 Å². The molecule has 0 aromatic heterocycles. The zero-order chi connectivity index (χ0) is 19.3. The number of amides is 1. The highest BCUT2D eigenvalue weighted by Crippen LogP contribution is 2.24. The van der Waals surface area contributed by atoms with Gasteiger partial charge in [0.05, 0.1) is 0 Å². The molecule has 0 saturated carbocycles. The number of hydrogen-bond acceptors (Lipinski definition) is 2.